The predicted molar refractivity (Wildman–Crippen MR) is 120 cm³/mol. The zero-order valence-electron chi connectivity index (χ0n) is 17.6. The number of aryl methyl sites for hydroxylation is 1. The SMILES string of the molecule is Cc1ccccc1-c1nn(-c2ccccc2)cc1C(=O)NC1CCN(CC(N)=O)CC1. The van der Waals surface area contributed by atoms with Crippen LogP contribution in [0.25, 0.3) is 16.9 Å². The minimum atomic E-state index is -0.321. The first-order valence-electron chi connectivity index (χ1n) is 10.5. The van der Waals surface area contributed by atoms with Crippen molar-refractivity contribution in [3.05, 3.63) is 71.9 Å². The van der Waals surface area contributed by atoms with E-state index in [0.29, 0.717) is 11.3 Å². The Morgan fingerprint density at radius 1 is 1.06 bits per heavy atom. The Morgan fingerprint density at radius 2 is 1.74 bits per heavy atom. The van der Waals surface area contributed by atoms with Crippen LogP contribution in [0.2, 0.25) is 0 Å². The maximum Gasteiger partial charge on any atom is 0.255 e. The lowest BCUT2D eigenvalue weighted by molar-refractivity contribution is -0.119. The van der Waals surface area contributed by atoms with E-state index in [-0.39, 0.29) is 24.4 Å². The second-order valence-electron chi connectivity index (χ2n) is 7.98. The van der Waals surface area contributed by atoms with Gasteiger partial charge >= 0.3 is 0 Å². The second-order valence-corrected chi connectivity index (χ2v) is 7.98. The normalized spacial score (nSPS) is 15.0. The monoisotopic (exact) mass is 417 g/mol. The van der Waals surface area contributed by atoms with Crippen LogP contribution in [0.15, 0.2) is 60.8 Å². The van der Waals surface area contributed by atoms with Gasteiger partial charge < -0.3 is 11.1 Å². The van der Waals surface area contributed by atoms with Crippen molar-refractivity contribution in [1.29, 1.82) is 0 Å². The topological polar surface area (TPSA) is 93.2 Å². The quantitative estimate of drug-likeness (QED) is 0.645. The number of hydrogen-bond donors (Lipinski definition) is 2. The van der Waals surface area contributed by atoms with E-state index in [1.165, 1.54) is 0 Å². The summed E-state index contributed by atoms with van der Waals surface area (Å²) >= 11 is 0. The Bertz CT molecular complexity index is 1070. The first kappa shape index (κ1) is 20.8. The smallest absolute Gasteiger partial charge is 0.255 e. The average molecular weight is 418 g/mol. The van der Waals surface area contributed by atoms with Crippen LogP contribution in [0.3, 0.4) is 0 Å². The molecule has 0 aliphatic carbocycles. The number of primary amides is 1. The van der Waals surface area contributed by atoms with E-state index in [2.05, 4.69) is 5.32 Å². The average Bonchev–Trinajstić information content (AvgIpc) is 3.21. The number of rotatable bonds is 6. The van der Waals surface area contributed by atoms with E-state index in [9.17, 15) is 9.59 Å². The summed E-state index contributed by atoms with van der Waals surface area (Å²) in [7, 11) is 0. The molecule has 2 aromatic carbocycles. The molecule has 1 aromatic heterocycles. The summed E-state index contributed by atoms with van der Waals surface area (Å²) in [5.41, 5.74) is 9.42. The summed E-state index contributed by atoms with van der Waals surface area (Å²) in [6.45, 7) is 3.76. The van der Waals surface area contributed by atoms with Gasteiger partial charge in [-0.15, -0.1) is 0 Å². The van der Waals surface area contributed by atoms with Gasteiger partial charge in [-0.2, -0.15) is 5.10 Å². The minimum Gasteiger partial charge on any atom is -0.369 e. The van der Waals surface area contributed by atoms with E-state index in [4.69, 9.17) is 10.8 Å². The molecule has 0 spiro atoms. The van der Waals surface area contributed by atoms with Crippen LogP contribution >= 0.6 is 0 Å². The van der Waals surface area contributed by atoms with Gasteiger partial charge in [-0.3, -0.25) is 14.5 Å². The molecule has 1 aliphatic heterocycles. The molecule has 31 heavy (non-hydrogen) atoms. The number of carbonyl (C=O) groups excluding carboxylic acids is 2. The molecule has 7 heteroatoms. The number of benzene rings is 2. The van der Waals surface area contributed by atoms with E-state index < -0.39 is 0 Å². The Balaban J connectivity index is 1.58. The lowest BCUT2D eigenvalue weighted by Gasteiger charge is -2.31. The number of carbonyl (C=O) groups is 2. The van der Waals surface area contributed by atoms with Gasteiger partial charge in [0.05, 0.1) is 17.8 Å². The van der Waals surface area contributed by atoms with E-state index in [0.717, 1.165) is 42.7 Å². The van der Waals surface area contributed by atoms with Crippen LogP contribution in [0.1, 0.15) is 28.8 Å². The number of nitrogens with two attached hydrogens (primary N) is 1. The van der Waals surface area contributed by atoms with Gasteiger partial charge in [-0.05, 0) is 37.5 Å². The number of para-hydroxylation sites is 1. The molecule has 0 atom stereocenters. The maximum absolute atomic E-state index is 13.3. The first-order valence-corrected chi connectivity index (χ1v) is 10.5. The maximum atomic E-state index is 13.3. The number of hydrogen-bond acceptors (Lipinski definition) is 4. The van der Waals surface area contributed by atoms with Crippen LogP contribution in [0.4, 0.5) is 0 Å². The Kier molecular flexibility index (Phi) is 6.13. The Morgan fingerprint density at radius 3 is 2.42 bits per heavy atom. The molecule has 3 aromatic rings. The third-order valence-corrected chi connectivity index (χ3v) is 5.68. The number of piperidine rings is 1. The summed E-state index contributed by atoms with van der Waals surface area (Å²) in [5.74, 6) is -0.451. The van der Waals surface area contributed by atoms with Gasteiger partial charge in [0.25, 0.3) is 5.91 Å². The molecule has 2 amide bonds. The van der Waals surface area contributed by atoms with Crippen molar-refractivity contribution in [3.63, 3.8) is 0 Å². The fourth-order valence-electron chi connectivity index (χ4n) is 4.01. The third-order valence-electron chi connectivity index (χ3n) is 5.68. The molecular formula is C24H27N5O2. The highest BCUT2D eigenvalue weighted by Crippen LogP contribution is 2.27. The second kappa shape index (κ2) is 9.14. The van der Waals surface area contributed by atoms with E-state index >= 15 is 0 Å². The van der Waals surface area contributed by atoms with Crippen molar-refractivity contribution in [2.75, 3.05) is 19.6 Å². The van der Waals surface area contributed by atoms with Crippen LogP contribution in [0, 0.1) is 6.92 Å². The third kappa shape index (κ3) is 4.83. The molecule has 0 unspecified atom stereocenters. The Hall–Kier alpha value is -3.45. The number of aromatic nitrogens is 2. The van der Waals surface area contributed by atoms with Gasteiger partial charge in [0, 0.05) is 30.9 Å². The summed E-state index contributed by atoms with van der Waals surface area (Å²) in [5, 5.41) is 7.93. The molecule has 0 bridgehead atoms. The van der Waals surface area contributed by atoms with Crippen molar-refractivity contribution < 1.29 is 9.59 Å². The first-order chi connectivity index (χ1) is 15.0. The van der Waals surface area contributed by atoms with Crippen LogP contribution in [-0.2, 0) is 4.79 Å². The number of nitrogens with one attached hydrogen (secondary N) is 1. The summed E-state index contributed by atoms with van der Waals surface area (Å²) in [6.07, 6.45) is 3.37. The largest absolute Gasteiger partial charge is 0.369 e. The van der Waals surface area contributed by atoms with Crippen molar-refractivity contribution >= 4 is 11.8 Å². The summed E-state index contributed by atoms with van der Waals surface area (Å²) in [6, 6.07) is 17.8. The van der Waals surface area contributed by atoms with Gasteiger partial charge in [-0.25, -0.2) is 4.68 Å². The molecule has 3 N–H and O–H groups in total. The Labute approximate surface area is 181 Å². The molecular weight excluding hydrogens is 390 g/mol. The molecule has 7 nitrogen and oxygen atoms in total. The molecule has 1 fully saturated rings. The lowest BCUT2D eigenvalue weighted by atomic mass is 10.0. The highest BCUT2D eigenvalue weighted by Gasteiger charge is 2.25. The molecule has 0 saturated carbocycles. The van der Waals surface area contributed by atoms with E-state index in [1.54, 1.807) is 10.9 Å². The zero-order valence-corrected chi connectivity index (χ0v) is 17.6. The molecule has 160 valence electrons. The standard InChI is InChI=1S/C24H27N5O2/c1-17-7-5-6-10-20(17)23-21(15-29(27-23)19-8-3-2-4-9-19)24(31)26-18-11-13-28(14-12-18)16-22(25)30/h2-10,15,18H,11-14,16H2,1H3,(H2,25,30)(H,26,31). The number of likely N-dealkylation sites (tertiary alicyclic amines) is 1. The van der Waals surface area contributed by atoms with E-state index in [1.807, 2.05) is 66.4 Å². The molecule has 2 heterocycles. The molecule has 0 radical (unpaired) electrons. The summed E-state index contributed by atoms with van der Waals surface area (Å²) in [4.78, 5) is 26.4. The fraction of sp³-hybridized carbons (Fsp3) is 0.292. The van der Waals surface area contributed by atoms with Crippen molar-refractivity contribution in [2.24, 2.45) is 5.73 Å². The molecule has 1 aliphatic rings. The van der Waals surface area contributed by atoms with Crippen LogP contribution < -0.4 is 11.1 Å². The molecule has 1 saturated heterocycles. The van der Waals surface area contributed by atoms with Gasteiger partial charge in [0.2, 0.25) is 5.91 Å². The zero-order chi connectivity index (χ0) is 21.8. The van der Waals surface area contributed by atoms with Gasteiger partial charge in [0.15, 0.2) is 0 Å². The summed E-state index contributed by atoms with van der Waals surface area (Å²) < 4.78 is 1.76. The van der Waals surface area contributed by atoms with Crippen molar-refractivity contribution in [1.82, 2.24) is 20.0 Å². The number of nitrogens with zero attached hydrogens (tertiary/aromatic N) is 3. The number of amides is 2. The van der Waals surface area contributed by atoms with Gasteiger partial charge in [0.1, 0.15) is 5.69 Å². The lowest BCUT2D eigenvalue weighted by Crippen LogP contribution is -2.46. The van der Waals surface area contributed by atoms with Crippen molar-refractivity contribution in [3.8, 4) is 16.9 Å². The molecule has 4 rings (SSSR count). The van der Waals surface area contributed by atoms with Crippen LogP contribution in [0.5, 0.6) is 0 Å². The van der Waals surface area contributed by atoms with Crippen LogP contribution in [-0.4, -0.2) is 52.2 Å². The fourth-order valence-corrected chi connectivity index (χ4v) is 4.01. The van der Waals surface area contributed by atoms with Gasteiger partial charge in [-0.1, -0.05) is 42.5 Å². The highest BCUT2D eigenvalue weighted by atomic mass is 16.2. The van der Waals surface area contributed by atoms with Crippen molar-refractivity contribution in [2.45, 2.75) is 25.8 Å². The highest BCUT2D eigenvalue weighted by molar-refractivity contribution is 6.00. The predicted octanol–water partition coefficient (Wildman–Crippen LogP) is 2.53. The minimum absolute atomic E-state index is 0.0569.